The number of hydrogen-bond acceptors (Lipinski definition) is 9. The average Bonchev–Trinajstić information content (AvgIpc) is 2.71. The Kier molecular flexibility index (Phi) is 5.99. The highest BCUT2D eigenvalue weighted by molar-refractivity contribution is 7.85. The van der Waals surface area contributed by atoms with Gasteiger partial charge in [-0.3, -0.25) is 20.4 Å². The zero-order valence-corrected chi connectivity index (χ0v) is 15.4. The molecule has 10 nitrogen and oxygen atoms in total. The van der Waals surface area contributed by atoms with Gasteiger partial charge < -0.3 is 10.4 Å². The van der Waals surface area contributed by atoms with Crippen LogP contribution in [0.2, 0.25) is 0 Å². The molecule has 3 rings (SSSR count). The lowest BCUT2D eigenvalue weighted by molar-refractivity contribution is 0.311. The number of nitrogens with zero attached hydrogens (tertiary/aromatic N) is 3. The molecule has 28 heavy (non-hydrogen) atoms. The normalized spacial score (nSPS) is 11.1. The van der Waals surface area contributed by atoms with Crippen molar-refractivity contribution in [3.63, 3.8) is 0 Å². The van der Waals surface area contributed by atoms with Gasteiger partial charge in [0.25, 0.3) is 10.1 Å². The van der Waals surface area contributed by atoms with Gasteiger partial charge in [0.15, 0.2) is 5.82 Å². The molecule has 146 valence electrons. The molecule has 0 fully saturated rings. The maximum Gasteiger partial charge on any atom is 0.294 e. The van der Waals surface area contributed by atoms with Crippen LogP contribution in [-0.2, 0) is 10.1 Å². The first-order chi connectivity index (χ1) is 13.5. The van der Waals surface area contributed by atoms with Crippen molar-refractivity contribution >= 4 is 27.6 Å². The van der Waals surface area contributed by atoms with Gasteiger partial charge in [0.2, 0.25) is 5.95 Å². The van der Waals surface area contributed by atoms with Crippen molar-refractivity contribution in [1.29, 1.82) is 0 Å². The lowest BCUT2D eigenvalue weighted by Crippen LogP contribution is -2.14. The summed E-state index contributed by atoms with van der Waals surface area (Å²) in [6.45, 7) is 0.224. The monoisotopic (exact) mass is 402 g/mol. The van der Waals surface area contributed by atoms with Crippen LogP contribution in [0.4, 0.5) is 17.5 Å². The number of pyridine rings is 1. The number of aromatic nitrogens is 3. The fourth-order valence-electron chi connectivity index (χ4n) is 2.27. The summed E-state index contributed by atoms with van der Waals surface area (Å²) in [5.74, 6) is 0.759. The van der Waals surface area contributed by atoms with Crippen LogP contribution in [0.3, 0.4) is 0 Å². The van der Waals surface area contributed by atoms with Crippen LogP contribution in [0, 0.1) is 0 Å². The van der Waals surface area contributed by atoms with Gasteiger partial charge in [-0.25, -0.2) is 4.98 Å². The van der Waals surface area contributed by atoms with Crippen molar-refractivity contribution in [2.45, 2.75) is 4.90 Å². The first-order valence-corrected chi connectivity index (χ1v) is 9.63. The standard InChI is InChI=1S/C17H18N6O4S/c24-9-8-19-17-20-15(12-2-1-7-18-11-12)10-16(21-17)23-22-13-3-5-14(6-4-13)28(25,26)27/h1-7,10-11,22,24H,8-9H2,(H,25,26,27)(H2,19,20,21,23). The number of benzene rings is 1. The van der Waals surface area contributed by atoms with Crippen molar-refractivity contribution in [3.05, 3.63) is 54.9 Å². The van der Waals surface area contributed by atoms with E-state index in [-0.39, 0.29) is 11.5 Å². The molecule has 0 saturated carbocycles. The molecular weight excluding hydrogens is 384 g/mol. The minimum atomic E-state index is -4.24. The number of hydrogen-bond donors (Lipinski definition) is 5. The Morgan fingerprint density at radius 1 is 1.04 bits per heavy atom. The SMILES string of the molecule is O=S(=O)(O)c1ccc(NNc2cc(-c3cccnc3)nc(NCCO)n2)cc1. The van der Waals surface area contributed by atoms with E-state index < -0.39 is 10.1 Å². The number of nitrogens with one attached hydrogen (secondary N) is 3. The lowest BCUT2D eigenvalue weighted by atomic mass is 10.2. The summed E-state index contributed by atoms with van der Waals surface area (Å²) in [5, 5.41) is 11.9. The molecule has 0 amide bonds. The molecule has 0 spiro atoms. The number of aliphatic hydroxyl groups is 1. The molecule has 0 aliphatic carbocycles. The van der Waals surface area contributed by atoms with Crippen molar-refractivity contribution in [3.8, 4) is 11.3 Å². The fourth-order valence-corrected chi connectivity index (χ4v) is 2.75. The second-order valence-corrected chi connectivity index (χ2v) is 7.03. The molecular formula is C17H18N6O4S. The van der Waals surface area contributed by atoms with Crippen molar-refractivity contribution in [1.82, 2.24) is 15.0 Å². The van der Waals surface area contributed by atoms with E-state index in [1.807, 2.05) is 6.07 Å². The van der Waals surface area contributed by atoms with Gasteiger partial charge in [-0.1, -0.05) is 0 Å². The quantitative estimate of drug-likeness (QED) is 0.278. The molecule has 2 heterocycles. The zero-order chi connectivity index (χ0) is 20.0. The molecule has 2 aromatic heterocycles. The molecule has 0 saturated heterocycles. The minimum Gasteiger partial charge on any atom is -0.395 e. The molecule has 0 unspecified atom stereocenters. The highest BCUT2D eigenvalue weighted by Crippen LogP contribution is 2.21. The minimum absolute atomic E-state index is 0.0679. The molecule has 0 radical (unpaired) electrons. The van der Waals surface area contributed by atoms with Gasteiger partial charge in [0.05, 0.1) is 22.9 Å². The molecule has 0 aliphatic rings. The summed E-state index contributed by atoms with van der Waals surface area (Å²) in [4.78, 5) is 12.6. The molecule has 0 bridgehead atoms. The Morgan fingerprint density at radius 3 is 2.46 bits per heavy atom. The van der Waals surface area contributed by atoms with Gasteiger partial charge in [-0.15, -0.1) is 0 Å². The summed E-state index contributed by atoms with van der Waals surface area (Å²) in [6.07, 6.45) is 3.33. The Balaban J connectivity index is 1.80. The largest absolute Gasteiger partial charge is 0.395 e. The van der Waals surface area contributed by atoms with Crippen molar-refractivity contribution in [2.75, 3.05) is 29.3 Å². The molecule has 0 aliphatic heterocycles. The van der Waals surface area contributed by atoms with Gasteiger partial charge in [-0.05, 0) is 36.4 Å². The first kappa shape index (κ1) is 19.5. The number of hydrazine groups is 1. The average molecular weight is 402 g/mol. The van der Waals surface area contributed by atoms with Gasteiger partial charge in [-0.2, -0.15) is 13.4 Å². The van der Waals surface area contributed by atoms with E-state index in [0.29, 0.717) is 29.7 Å². The van der Waals surface area contributed by atoms with Crippen LogP contribution >= 0.6 is 0 Å². The van der Waals surface area contributed by atoms with Crippen molar-refractivity contribution < 1.29 is 18.1 Å². The summed E-state index contributed by atoms with van der Waals surface area (Å²) in [7, 11) is -4.24. The zero-order valence-electron chi connectivity index (χ0n) is 14.6. The van der Waals surface area contributed by atoms with E-state index in [0.717, 1.165) is 5.56 Å². The summed E-state index contributed by atoms with van der Waals surface area (Å²) in [5.41, 5.74) is 7.77. The van der Waals surface area contributed by atoms with E-state index in [9.17, 15) is 8.42 Å². The smallest absolute Gasteiger partial charge is 0.294 e. The third kappa shape index (κ3) is 5.13. The third-order valence-corrected chi connectivity index (χ3v) is 4.43. The molecule has 0 atom stereocenters. The molecule has 11 heteroatoms. The number of rotatable bonds is 8. The summed E-state index contributed by atoms with van der Waals surface area (Å²) in [6, 6.07) is 10.9. The van der Waals surface area contributed by atoms with Crippen LogP contribution in [-0.4, -0.2) is 46.2 Å². The Morgan fingerprint density at radius 2 is 1.82 bits per heavy atom. The van der Waals surface area contributed by atoms with E-state index in [1.54, 1.807) is 24.5 Å². The van der Waals surface area contributed by atoms with Gasteiger partial charge in [0, 0.05) is 30.6 Å². The molecule has 5 N–H and O–H groups in total. The summed E-state index contributed by atoms with van der Waals surface area (Å²) >= 11 is 0. The topological polar surface area (TPSA) is 149 Å². The Bertz CT molecular complexity index is 1030. The van der Waals surface area contributed by atoms with Gasteiger partial charge >= 0.3 is 0 Å². The lowest BCUT2D eigenvalue weighted by Gasteiger charge is -2.12. The van der Waals surface area contributed by atoms with Crippen LogP contribution in [0.1, 0.15) is 0 Å². The summed E-state index contributed by atoms with van der Waals surface area (Å²) < 4.78 is 31.2. The fraction of sp³-hybridized carbons (Fsp3) is 0.118. The Labute approximate surface area is 161 Å². The highest BCUT2D eigenvalue weighted by Gasteiger charge is 2.09. The van der Waals surface area contributed by atoms with Crippen molar-refractivity contribution in [2.24, 2.45) is 0 Å². The van der Waals surface area contributed by atoms with Crippen LogP contribution in [0.25, 0.3) is 11.3 Å². The number of aliphatic hydroxyl groups excluding tert-OH is 1. The molecule has 1 aromatic carbocycles. The third-order valence-electron chi connectivity index (χ3n) is 3.57. The Hall–Kier alpha value is -3.28. The predicted molar refractivity (Wildman–Crippen MR) is 104 cm³/mol. The van der Waals surface area contributed by atoms with Crippen LogP contribution < -0.4 is 16.2 Å². The highest BCUT2D eigenvalue weighted by atomic mass is 32.2. The van der Waals surface area contributed by atoms with E-state index in [2.05, 4.69) is 31.1 Å². The second-order valence-electron chi connectivity index (χ2n) is 5.60. The maximum atomic E-state index is 11.1. The van der Waals surface area contributed by atoms with Crippen LogP contribution in [0.5, 0.6) is 0 Å². The van der Waals surface area contributed by atoms with E-state index >= 15 is 0 Å². The first-order valence-electron chi connectivity index (χ1n) is 8.19. The van der Waals surface area contributed by atoms with E-state index in [1.165, 1.54) is 24.3 Å². The number of anilines is 3. The second kappa shape index (κ2) is 8.61. The van der Waals surface area contributed by atoms with Gasteiger partial charge in [0.1, 0.15) is 0 Å². The van der Waals surface area contributed by atoms with Crippen LogP contribution in [0.15, 0.2) is 59.8 Å². The van der Waals surface area contributed by atoms with E-state index in [4.69, 9.17) is 9.66 Å². The maximum absolute atomic E-state index is 11.1. The molecule has 3 aromatic rings. The predicted octanol–water partition coefficient (Wildman–Crippen LogP) is 1.63.